The zero-order valence-electron chi connectivity index (χ0n) is 12.7. The Morgan fingerprint density at radius 2 is 1.92 bits per heavy atom. The van der Waals surface area contributed by atoms with Gasteiger partial charge in [0, 0.05) is 35.3 Å². The van der Waals surface area contributed by atoms with Gasteiger partial charge in [0.05, 0.1) is 5.51 Å². The number of thiazole rings is 1. The number of aliphatic hydroxyl groups is 1. The van der Waals surface area contributed by atoms with E-state index >= 15 is 8.78 Å². The Morgan fingerprint density at radius 3 is 2.52 bits per heavy atom. The summed E-state index contributed by atoms with van der Waals surface area (Å²) < 4.78 is 57.8. The van der Waals surface area contributed by atoms with Crippen LogP contribution >= 0.6 is 11.3 Å². The minimum absolute atomic E-state index is 0.321. The van der Waals surface area contributed by atoms with Crippen LogP contribution in [-0.2, 0) is 17.9 Å². The summed E-state index contributed by atoms with van der Waals surface area (Å²) in [6.07, 6.45) is 1.85. The molecule has 0 saturated carbocycles. The molecule has 0 aliphatic carbocycles. The van der Waals surface area contributed by atoms with Crippen LogP contribution < -0.4 is 0 Å². The number of aromatic nitrogens is 2. The van der Waals surface area contributed by atoms with Crippen molar-refractivity contribution in [1.29, 1.82) is 0 Å². The number of hydrogen-bond acceptors (Lipinski definition) is 4. The van der Waals surface area contributed by atoms with Gasteiger partial charge in [-0.3, -0.25) is 9.97 Å². The second-order valence-corrected chi connectivity index (χ2v) is 6.39. The van der Waals surface area contributed by atoms with Crippen molar-refractivity contribution in [2.75, 3.05) is 0 Å². The molecule has 0 amide bonds. The maximum absolute atomic E-state index is 15.2. The van der Waals surface area contributed by atoms with Crippen molar-refractivity contribution in [3.63, 3.8) is 0 Å². The third-order valence-corrected chi connectivity index (χ3v) is 4.58. The Hall–Kier alpha value is -2.32. The molecule has 1 unspecified atom stereocenters. The highest BCUT2D eigenvalue weighted by molar-refractivity contribution is 7.09. The van der Waals surface area contributed by atoms with Crippen molar-refractivity contribution in [1.82, 2.24) is 9.97 Å². The maximum atomic E-state index is 15.2. The minimum Gasteiger partial charge on any atom is -0.378 e. The maximum Gasteiger partial charge on any atom is 0.322 e. The van der Waals surface area contributed by atoms with Crippen molar-refractivity contribution in [3.05, 3.63) is 82.1 Å². The molecule has 1 aromatic carbocycles. The lowest BCUT2D eigenvalue weighted by atomic mass is 9.81. The molecule has 0 fully saturated rings. The Labute approximate surface area is 144 Å². The summed E-state index contributed by atoms with van der Waals surface area (Å²) in [7, 11) is 0. The van der Waals surface area contributed by atoms with E-state index in [1.54, 1.807) is 0 Å². The first-order chi connectivity index (χ1) is 11.8. The monoisotopic (exact) mass is 368 g/mol. The van der Waals surface area contributed by atoms with Crippen molar-refractivity contribution in [2.24, 2.45) is 0 Å². The molecule has 3 nitrogen and oxygen atoms in total. The summed E-state index contributed by atoms with van der Waals surface area (Å²) in [6.45, 7) is 0. The summed E-state index contributed by atoms with van der Waals surface area (Å²) in [5.41, 5.74) is -2.98. The first-order valence-electron chi connectivity index (χ1n) is 7.19. The number of halogens is 4. The predicted molar refractivity (Wildman–Crippen MR) is 84.2 cm³/mol. The Balaban J connectivity index is 2.18. The Morgan fingerprint density at radius 1 is 1.12 bits per heavy atom. The summed E-state index contributed by atoms with van der Waals surface area (Å²) in [6, 6.07) is 5.93. The lowest BCUT2D eigenvalue weighted by Crippen LogP contribution is -2.46. The van der Waals surface area contributed by atoms with E-state index in [2.05, 4.69) is 9.97 Å². The number of nitrogens with zero attached hydrogens (tertiary/aromatic N) is 2. The molecule has 0 radical (unpaired) electrons. The quantitative estimate of drug-likeness (QED) is 0.692. The minimum atomic E-state index is -3.93. The van der Waals surface area contributed by atoms with Crippen molar-refractivity contribution in [3.8, 4) is 0 Å². The highest BCUT2D eigenvalue weighted by Crippen LogP contribution is 2.47. The molecule has 8 heteroatoms. The van der Waals surface area contributed by atoms with Crippen LogP contribution in [0.25, 0.3) is 0 Å². The standard InChI is InChI=1S/C17H12F4N2OS/c18-11-4-5-13(14(19)7-11)16(24,8-12-9-22-10-25-12)17(20,21)15-3-1-2-6-23-15/h1-7,9-10,24H,8H2. The normalized spacial score (nSPS) is 14.3. The molecule has 2 heterocycles. The van der Waals surface area contributed by atoms with Crippen molar-refractivity contribution >= 4 is 11.3 Å². The number of hydrogen-bond donors (Lipinski definition) is 1. The third kappa shape index (κ3) is 3.14. The largest absolute Gasteiger partial charge is 0.378 e. The highest BCUT2D eigenvalue weighted by atomic mass is 32.1. The van der Waals surface area contributed by atoms with Crippen molar-refractivity contribution < 1.29 is 22.7 Å². The molecule has 3 rings (SSSR count). The van der Waals surface area contributed by atoms with Gasteiger partial charge in [0.15, 0.2) is 5.60 Å². The van der Waals surface area contributed by atoms with Crippen LogP contribution in [0.1, 0.15) is 16.1 Å². The summed E-state index contributed by atoms with van der Waals surface area (Å²) in [5, 5.41) is 10.9. The molecule has 0 bridgehead atoms. The number of benzene rings is 1. The van der Waals surface area contributed by atoms with Gasteiger partial charge in [-0.1, -0.05) is 12.1 Å². The van der Waals surface area contributed by atoms with E-state index in [0.29, 0.717) is 10.9 Å². The fourth-order valence-electron chi connectivity index (χ4n) is 2.54. The summed E-state index contributed by atoms with van der Waals surface area (Å²) in [5.74, 6) is -6.12. The predicted octanol–water partition coefficient (Wildman–Crippen LogP) is 4.04. The lowest BCUT2D eigenvalue weighted by Gasteiger charge is -2.35. The summed E-state index contributed by atoms with van der Waals surface area (Å²) >= 11 is 1.04. The molecular weight excluding hydrogens is 356 g/mol. The summed E-state index contributed by atoms with van der Waals surface area (Å²) in [4.78, 5) is 7.71. The van der Waals surface area contributed by atoms with Crippen molar-refractivity contribution in [2.45, 2.75) is 17.9 Å². The lowest BCUT2D eigenvalue weighted by molar-refractivity contribution is -0.198. The smallest absolute Gasteiger partial charge is 0.322 e. The Kier molecular flexibility index (Phi) is 4.57. The molecule has 1 N–H and O–H groups in total. The Bertz CT molecular complexity index is 858. The van der Waals surface area contributed by atoms with Gasteiger partial charge in [-0.2, -0.15) is 8.78 Å². The second kappa shape index (κ2) is 6.53. The molecule has 25 heavy (non-hydrogen) atoms. The fourth-order valence-corrected chi connectivity index (χ4v) is 3.21. The van der Waals surface area contributed by atoms with Gasteiger partial charge in [0.25, 0.3) is 0 Å². The second-order valence-electron chi connectivity index (χ2n) is 5.42. The van der Waals surface area contributed by atoms with Crippen LogP contribution in [0.5, 0.6) is 0 Å². The fraction of sp³-hybridized carbons (Fsp3) is 0.176. The van der Waals surface area contributed by atoms with Gasteiger partial charge in [-0.25, -0.2) is 8.78 Å². The van der Waals surface area contributed by atoms with Crippen LogP contribution in [0.15, 0.2) is 54.3 Å². The molecule has 130 valence electrons. The van der Waals surface area contributed by atoms with Crippen LogP contribution in [0, 0.1) is 11.6 Å². The van der Waals surface area contributed by atoms with Crippen LogP contribution in [0.2, 0.25) is 0 Å². The molecule has 2 aromatic heterocycles. The average Bonchev–Trinajstić information content (AvgIpc) is 3.08. The van der Waals surface area contributed by atoms with Crippen LogP contribution in [-0.4, -0.2) is 15.1 Å². The number of rotatable bonds is 5. The van der Waals surface area contributed by atoms with E-state index in [9.17, 15) is 13.9 Å². The average molecular weight is 368 g/mol. The third-order valence-electron chi connectivity index (χ3n) is 3.80. The van der Waals surface area contributed by atoms with E-state index in [1.165, 1.54) is 23.8 Å². The van der Waals surface area contributed by atoms with Gasteiger partial charge < -0.3 is 5.11 Å². The van der Waals surface area contributed by atoms with Gasteiger partial charge >= 0.3 is 5.92 Å². The van der Waals surface area contributed by atoms with Gasteiger partial charge in [-0.05, 0) is 18.2 Å². The van der Waals surface area contributed by atoms with E-state index in [4.69, 9.17) is 0 Å². The molecule has 1 atom stereocenters. The SMILES string of the molecule is OC(Cc1cncs1)(c1ccc(F)cc1F)C(F)(F)c1ccccn1. The molecule has 3 aromatic rings. The van der Waals surface area contributed by atoms with E-state index in [-0.39, 0.29) is 0 Å². The first-order valence-corrected chi connectivity index (χ1v) is 8.07. The zero-order valence-corrected chi connectivity index (χ0v) is 13.5. The first kappa shape index (κ1) is 17.5. The molecular formula is C17H12F4N2OS. The number of alkyl halides is 2. The van der Waals surface area contributed by atoms with E-state index in [1.807, 2.05) is 0 Å². The van der Waals surface area contributed by atoms with E-state index < -0.39 is 40.8 Å². The van der Waals surface area contributed by atoms with Gasteiger partial charge in [-0.15, -0.1) is 11.3 Å². The van der Waals surface area contributed by atoms with Gasteiger partial charge in [0.2, 0.25) is 0 Å². The van der Waals surface area contributed by atoms with Crippen LogP contribution in [0.4, 0.5) is 17.6 Å². The van der Waals surface area contributed by atoms with Gasteiger partial charge in [0.1, 0.15) is 17.3 Å². The highest BCUT2D eigenvalue weighted by Gasteiger charge is 2.57. The molecule has 0 saturated heterocycles. The van der Waals surface area contributed by atoms with Crippen LogP contribution in [0.3, 0.4) is 0 Å². The molecule has 0 spiro atoms. The topological polar surface area (TPSA) is 46.0 Å². The zero-order chi connectivity index (χ0) is 18.1. The molecule has 0 aliphatic heterocycles. The number of pyridine rings is 1. The van der Waals surface area contributed by atoms with E-state index in [0.717, 1.165) is 35.7 Å². The molecule has 0 aliphatic rings.